The van der Waals surface area contributed by atoms with Crippen molar-refractivity contribution in [1.82, 2.24) is 15.1 Å². The summed E-state index contributed by atoms with van der Waals surface area (Å²) < 4.78 is 1.85. The highest BCUT2D eigenvalue weighted by molar-refractivity contribution is 5.94. The Balaban J connectivity index is 1.81. The van der Waals surface area contributed by atoms with Crippen LogP contribution in [-0.4, -0.2) is 35.3 Å². The van der Waals surface area contributed by atoms with Gasteiger partial charge in [-0.05, 0) is 32.0 Å². The van der Waals surface area contributed by atoms with Gasteiger partial charge in [0.05, 0.1) is 0 Å². The average molecular weight is 327 g/mol. The Bertz CT molecular complexity index is 720. The van der Waals surface area contributed by atoms with Crippen LogP contribution >= 0.6 is 0 Å². The monoisotopic (exact) mass is 327 g/mol. The maximum absolute atomic E-state index is 12.4. The molecule has 0 saturated carbocycles. The van der Waals surface area contributed by atoms with Gasteiger partial charge in [-0.3, -0.25) is 9.48 Å². The third-order valence-corrected chi connectivity index (χ3v) is 4.52. The number of fused-ring (bicyclic) bond motifs is 1. The van der Waals surface area contributed by atoms with E-state index >= 15 is 0 Å². The maximum Gasteiger partial charge on any atom is 0.272 e. The van der Waals surface area contributed by atoms with Crippen LogP contribution in [0.25, 0.3) is 0 Å². The fourth-order valence-corrected chi connectivity index (χ4v) is 3.14. The van der Waals surface area contributed by atoms with Crippen LogP contribution in [0, 0.1) is 6.92 Å². The van der Waals surface area contributed by atoms with Crippen molar-refractivity contribution in [3.63, 3.8) is 0 Å². The van der Waals surface area contributed by atoms with E-state index in [1.165, 1.54) is 11.3 Å². The highest BCUT2D eigenvalue weighted by Crippen LogP contribution is 2.26. The molecule has 0 saturated heterocycles. The SMILES string of the molecule is Cc1ccc(N2CCc3c(c(C(=O)NCCCN)nn3C)C2)cc1. The third-order valence-electron chi connectivity index (χ3n) is 4.52. The molecule has 24 heavy (non-hydrogen) atoms. The first-order chi connectivity index (χ1) is 11.6. The third kappa shape index (κ3) is 3.28. The first-order valence-electron chi connectivity index (χ1n) is 8.44. The minimum Gasteiger partial charge on any atom is -0.367 e. The van der Waals surface area contributed by atoms with Crippen LogP contribution in [0.15, 0.2) is 24.3 Å². The van der Waals surface area contributed by atoms with Crippen LogP contribution in [0.2, 0.25) is 0 Å². The Kier molecular flexibility index (Phi) is 4.85. The zero-order valence-corrected chi connectivity index (χ0v) is 14.4. The van der Waals surface area contributed by atoms with E-state index in [9.17, 15) is 4.79 Å². The van der Waals surface area contributed by atoms with Gasteiger partial charge in [0.15, 0.2) is 5.69 Å². The number of carbonyl (C=O) groups excluding carboxylic acids is 1. The summed E-state index contributed by atoms with van der Waals surface area (Å²) in [6.45, 7) is 4.89. The summed E-state index contributed by atoms with van der Waals surface area (Å²) in [5, 5.41) is 7.37. The Morgan fingerprint density at radius 3 is 2.79 bits per heavy atom. The van der Waals surface area contributed by atoms with E-state index in [0.29, 0.717) is 25.3 Å². The second-order valence-corrected chi connectivity index (χ2v) is 6.30. The zero-order chi connectivity index (χ0) is 17.1. The number of aryl methyl sites for hydroxylation is 2. The van der Waals surface area contributed by atoms with Gasteiger partial charge < -0.3 is 16.0 Å². The molecule has 1 aromatic heterocycles. The molecule has 128 valence electrons. The standard InChI is InChI=1S/C18H25N5O/c1-13-4-6-14(7-5-13)23-11-8-16-15(12-23)17(21-22(16)2)18(24)20-10-3-9-19/h4-7H,3,8-12,19H2,1-2H3,(H,20,24). The molecular weight excluding hydrogens is 302 g/mol. The molecule has 6 heteroatoms. The lowest BCUT2D eigenvalue weighted by molar-refractivity contribution is 0.0947. The average Bonchev–Trinajstić information content (AvgIpc) is 2.92. The molecule has 0 aliphatic carbocycles. The number of rotatable bonds is 5. The number of benzene rings is 1. The van der Waals surface area contributed by atoms with Crippen molar-refractivity contribution in [2.75, 3.05) is 24.5 Å². The van der Waals surface area contributed by atoms with Gasteiger partial charge in [0.2, 0.25) is 0 Å². The second-order valence-electron chi connectivity index (χ2n) is 6.30. The molecular formula is C18H25N5O. The zero-order valence-electron chi connectivity index (χ0n) is 14.4. The number of nitrogens with two attached hydrogens (primary N) is 1. The lowest BCUT2D eigenvalue weighted by Crippen LogP contribution is -2.33. The molecule has 1 aliphatic rings. The molecule has 6 nitrogen and oxygen atoms in total. The summed E-state index contributed by atoms with van der Waals surface area (Å²) in [5.74, 6) is -0.106. The molecule has 1 aliphatic heterocycles. The first kappa shape index (κ1) is 16.5. The number of carbonyl (C=O) groups is 1. The molecule has 1 aromatic carbocycles. The topological polar surface area (TPSA) is 76.2 Å². The predicted octanol–water partition coefficient (Wildman–Crippen LogP) is 1.37. The lowest BCUT2D eigenvalue weighted by atomic mass is 10.0. The lowest BCUT2D eigenvalue weighted by Gasteiger charge is -2.29. The predicted molar refractivity (Wildman–Crippen MR) is 95.1 cm³/mol. The van der Waals surface area contributed by atoms with Gasteiger partial charge in [0.25, 0.3) is 5.91 Å². The van der Waals surface area contributed by atoms with E-state index in [-0.39, 0.29) is 5.91 Å². The number of hydrogen-bond acceptors (Lipinski definition) is 4. The number of aromatic nitrogens is 2. The number of hydrogen-bond donors (Lipinski definition) is 2. The Morgan fingerprint density at radius 1 is 1.33 bits per heavy atom. The minimum absolute atomic E-state index is 0.106. The van der Waals surface area contributed by atoms with Crippen molar-refractivity contribution < 1.29 is 4.79 Å². The van der Waals surface area contributed by atoms with Crippen LogP contribution in [0.1, 0.15) is 33.7 Å². The normalized spacial score (nSPS) is 13.7. The largest absolute Gasteiger partial charge is 0.367 e. The summed E-state index contributed by atoms with van der Waals surface area (Å²) in [6.07, 6.45) is 1.67. The number of nitrogens with zero attached hydrogens (tertiary/aromatic N) is 3. The summed E-state index contributed by atoms with van der Waals surface area (Å²) in [4.78, 5) is 14.8. The Morgan fingerprint density at radius 2 is 2.08 bits per heavy atom. The second kappa shape index (κ2) is 7.05. The van der Waals surface area contributed by atoms with Crippen molar-refractivity contribution in [3.8, 4) is 0 Å². The molecule has 3 N–H and O–H groups in total. The quantitative estimate of drug-likeness (QED) is 0.813. The van der Waals surface area contributed by atoms with Gasteiger partial charge in [0, 0.05) is 50.0 Å². The van der Waals surface area contributed by atoms with Gasteiger partial charge in [-0.25, -0.2) is 0 Å². The van der Waals surface area contributed by atoms with E-state index in [1.54, 1.807) is 0 Å². The van der Waals surface area contributed by atoms with Crippen LogP contribution < -0.4 is 16.0 Å². The van der Waals surface area contributed by atoms with E-state index in [1.807, 2.05) is 11.7 Å². The van der Waals surface area contributed by atoms with Gasteiger partial charge in [-0.1, -0.05) is 17.7 Å². The summed E-state index contributed by atoms with van der Waals surface area (Å²) in [5.41, 5.74) is 10.7. The molecule has 0 unspecified atom stereocenters. The molecule has 0 radical (unpaired) electrons. The molecule has 3 rings (SSSR count). The van der Waals surface area contributed by atoms with Gasteiger partial charge >= 0.3 is 0 Å². The number of amides is 1. The van der Waals surface area contributed by atoms with Crippen molar-refractivity contribution >= 4 is 11.6 Å². The molecule has 0 fully saturated rings. The van der Waals surface area contributed by atoms with E-state index in [2.05, 4.69) is 46.5 Å². The van der Waals surface area contributed by atoms with Crippen LogP contribution in [0.5, 0.6) is 0 Å². The van der Waals surface area contributed by atoms with Crippen LogP contribution in [0.4, 0.5) is 5.69 Å². The molecule has 0 spiro atoms. The minimum atomic E-state index is -0.106. The molecule has 0 atom stereocenters. The Hall–Kier alpha value is -2.34. The summed E-state index contributed by atoms with van der Waals surface area (Å²) in [7, 11) is 1.91. The molecule has 1 amide bonds. The van der Waals surface area contributed by atoms with Crippen molar-refractivity contribution in [2.45, 2.75) is 26.3 Å². The first-order valence-corrected chi connectivity index (χ1v) is 8.44. The summed E-state index contributed by atoms with van der Waals surface area (Å²) >= 11 is 0. The van der Waals surface area contributed by atoms with E-state index in [0.717, 1.165) is 30.6 Å². The van der Waals surface area contributed by atoms with Crippen LogP contribution in [0.3, 0.4) is 0 Å². The fraction of sp³-hybridized carbons (Fsp3) is 0.444. The van der Waals surface area contributed by atoms with Gasteiger partial charge in [-0.15, -0.1) is 0 Å². The van der Waals surface area contributed by atoms with E-state index < -0.39 is 0 Å². The fourth-order valence-electron chi connectivity index (χ4n) is 3.14. The Labute approximate surface area is 142 Å². The van der Waals surface area contributed by atoms with Crippen molar-refractivity contribution in [1.29, 1.82) is 0 Å². The van der Waals surface area contributed by atoms with Crippen molar-refractivity contribution in [2.24, 2.45) is 12.8 Å². The number of nitrogens with one attached hydrogen (secondary N) is 1. The molecule has 2 heterocycles. The van der Waals surface area contributed by atoms with E-state index in [4.69, 9.17) is 5.73 Å². The van der Waals surface area contributed by atoms with Gasteiger partial charge in [0.1, 0.15) is 0 Å². The number of anilines is 1. The highest BCUT2D eigenvalue weighted by Gasteiger charge is 2.27. The maximum atomic E-state index is 12.4. The smallest absolute Gasteiger partial charge is 0.272 e. The molecule has 2 aromatic rings. The van der Waals surface area contributed by atoms with Crippen molar-refractivity contribution in [3.05, 3.63) is 46.8 Å². The van der Waals surface area contributed by atoms with Gasteiger partial charge in [-0.2, -0.15) is 5.10 Å². The summed E-state index contributed by atoms with van der Waals surface area (Å²) in [6, 6.07) is 8.51. The van der Waals surface area contributed by atoms with Crippen LogP contribution in [-0.2, 0) is 20.0 Å². The molecule has 0 bridgehead atoms. The highest BCUT2D eigenvalue weighted by atomic mass is 16.1.